The molecule has 0 bridgehead atoms. The molecule has 0 radical (unpaired) electrons. The summed E-state index contributed by atoms with van der Waals surface area (Å²) >= 11 is 0. The maximum Gasteiger partial charge on any atom is 0.227 e. The first-order chi connectivity index (χ1) is 12.0. The van der Waals surface area contributed by atoms with Gasteiger partial charge in [-0.25, -0.2) is 23.7 Å². The van der Waals surface area contributed by atoms with Gasteiger partial charge in [0.05, 0.1) is 30.3 Å². The number of halogens is 2. The molecule has 0 aromatic carbocycles. The molecule has 2 aromatic rings. The zero-order chi connectivity index (χ0) is 17.6. The molecule has 1 saturated carbocycles. The van der Waals surface area contributed by atoms with Crippen LogP contribution in [-0.2, 0) is 4.74 Å². The average Bonchev–Trinajstić information content (AvgIpc) is 2.95. The summed E-state index contributed by atoms with van der Waals surface area (Å²) in [5.74, 6) is 0.243. The second-order valence-corrected chi connectivity index (χ2v) is 6.78. The van der Waals surface area contributed by atoms with E-state index < -0.39 is 12.3 Å². The molecule has 0 amide bonds. The lowest BCUT2D eigenvalue weighted by atomic mass is 10.0. The van der Waals surface area contributed by atoms with Gasteiger partial charge < -0.3 is 9.64 Å². The molecule has 2 aliphatic rings. The van der Waals surface area contributed by atoms with Crippen molar-refractivity contribution in [3.8, 4) is 0 Å². The summed E-state index contributed by atoms with van der Waals surface area (Å²) in [6.07, 6.45) is -2.63. The number of fused-ring (bicyclic) bond motifs is 1. The van der Waals surface area contributed by atoms with E-state index in [1.54, 1.807) is 0 Å². The fourth-order valence-corrected chi connectivity index (χ4v) is 3.47. The van der Waals surface area contributed by atoms with Crippen molar-refractivity contribution in [2.75, 3.05) is 31.2 Å². The van der Waals surface area contributed by atoms with Crippen molar-refractivity contribution in [1.29, 1.82) is 0 Å². The van der Waals surface area contributed by atoms with Gasteiger partial charge in [0, 0.05) is 19.0 Å². The molecular weight excluding hydrogens is 328 g/mol. The van der Waals surface area contributed by atoms with Gasteiger partial charge in [-0.3, -0.25) is 0 Å². The highest BCUT2D eigenvalue weighted by Gasteiger charge is 2.37. The van der Waals surface area contributed by atoms with Crippen LogP contribution in [0.1, 0.15) is 35.8 Å². The fraction of sp³-hybridized carbons (Fsp3) is 0.647. The number of hydrogen-bond acceptors (Lipinski definition) is 6. The number of alkyl halides is 2. The second-order valence-electron chi connectivity index (χ2n) is 6.78. The van der Waals surface area contributed by atoms with E-state index in [1.807, 2.05) is 18.7 Å². The molecule has 1 saturated heterocycles. The minimum atomic E-state index is -1.44. The zero-order valence-electron chi connectivity index (χ0n) is 14.4. The number of ether oxygens (including phenoxy) is 1. The third-order valence-corrected chi connectivity index (χ3v) is 5.05. The van der Waals surface area contributed by atoms with Crippen molar-refractivity contribution in [2.24, 2.45) is 0 Å². The van der Waals surface area contributed by atoms with Gasteiger partial charge in [0.15, 0.2) is 5.65 Å². The minimum absolute atomic E-state index is 0.129. The predicted octanol–water partition coefficient (Wildman–Crippen LogP) is 2.43. The van der Waals surface area contributed by atoms with Gasteiger partial charge in [0.2, 0.25) is 5.95 Å². The van der Waals surface area contributed by atoms with Gasteiger partial charge in [0.25, 0.3) is 0 Å². The van der Waals surface area contributed by atoms with Crippen molar-refractivity contribution in [3.05, 3.63) is 17.1 Å². The van der Waals surface area contributed by atoms with Crippen molar-refractivity contribution < 1.29 is 13.5 Å². The summed E-state index contributed by atoms with van der Waals surface area (Å²) < 4.78 is 32.9. The largest absolute Gasteiger partial charge is 0.378 e. The van der Waals surface area contributed by atoms with Crippen LogP contribution in [0.2, 0.25) is 0 Å². The van der Waals surface area contributed by atoms with Crippen molar-refractivity contribution in [1.82, 2.24) is 19.9 Å². The Bertz CT molecular complexity index is 786. The van der Waals surface area contributed by atoms with Crippen LogP contribution in [0.3, 0.4) is 0 Å². The first-order valence-electron chi connectivity index (χ1n) is 8.66. The lowest BCUT2D eigenvalue weighted by molar-refractivity contribution is 0.122. The van der Waals surface area contributed by atoms with Gasteiger partial charge in [-0.05, 0) is 26.7 Å². The Labute approximate surface area is 144 Å². The van der Waals surface area contributed by atoms with E-state index in [0.29, 0.717) is 49.1 Å². The number of rotatable bonds is 2. The highest BCUT2D eigenvalue weighted by molar-refractivity contribution is 5.75. The van der Waals surface area contributed by atoms with Crippen LogP contribution < -0.4 is 4.90 Å². The summed E-state index contributed by atoms with van der Waals surface area (Å²) in [4.78, 5) is 20.4. The second kappa shape index (κ2) is 6.40. The molecule has 0 spiro atoms. The highest BCUT2D eigenvalue weighted by Crippen LogP contribution is 2.39. The molecule has 1 aliphatic heterocycles. The van der Waals surface area contributed by atoms with Gasteiger partial charge in [-0.2, -0.15) is 4.98 Å². The molecule has 4 rings (SSSR count). The molecule has 134 valence electrons. The van der Waals surface area contributed by atoms with E-state index in [1.165, 1.54) is 0 Å². The molecule has 2 unspecified atom stereocenters. The minimum Gasteiger partial charge on any atom is -0.378 e. The van der Waals surface area contributed by atoms with Crippen LogP contribution in [0.5, 0.6) is 0 Å². The number of nitrogens with zero attached hydrogens (tertiary/aromatic N) is 5. The molecule has 25 heavy (non-hydrogen) atoms. The normalized spacial score (nSPS) is 27.2. The smallest absolute Gasteiger partial charge is 0.227 e. The molecule has 2 fully saturated rings. The first kappa shape index (κ1) is 16.5. The van der Waals surface area contributed by atoms with Crippen molar-refractivity contribution in [3.63, 3.8) is 0 Å². The lowest BCUT2D eigenvalue weighted by Crippen LogP contribution is -2.37. The standard InChI is InChI=1S/C17H21F2N5O/c1-9-10(2)21-16-15(20-9)14(11-7-12(18)13(19)8-11)22-17(23-16)24-3-5-25-6-4-24/h11-13H,3-8H2,1-2H3. The number of morpholine rings is 1. The van der Waals surface area contributed by atoms with Crippen LogP contribution in [-0.4, -0.2) is 58.6 Å². The third kappa shape index (κ3) is 3.03. The molecule has 0 N–H and O–H groups in total. The van der Waals surface area contributed by atoms with E-state index in [-0.39, 0.29) is 18.8 Å². The highest BCUT2D eigenvalue weighted by atomic mass is 19.2. The quantitative estimate of drug-likeness (QED) is 0.830. The van der Waals surface area contributed by atoms with Gasteiger partial charge in [-0.1, -0.05) is 0 Å². The Morgan fingerprint density at radius 1 is 0.920 bits per heavy atom. The Kier molecular flexibility index (Phi) is 4.23. The van der Waals surface area contributed by atoms with Gasteiger partial charge in [-0.15, -0.1) is 0 Å². The summed E-state index contributed by atoms with van der Waals surface area (Å²) in [7, 11) is 0. The molecule has 2 aromatic heterocycles. The number of aromatic nitrogens is 4. The van der Waals surface area contributed by atoms with E-state index >= 15 is 0 Å². The molecule has 1 aliphatic carbocycles. The lowest BCUT2D eigenvalue weighted by Gasteiger charge is -2.27. The molecular formula is C17H21F2N5O. The van der Waals surface area contributed by atoms with E-state index in [9.17, 15) is 8.78 Å². The van der Waals surface area contributed by atoms with E-state index in [4.69, 9.17) is 4.74 Å². The van der Waals surface area contributed by atoms with Gasteiger partial charge >= 0.3 is 0 Å². The fourth-order valence-electron chi connectivity index (χ4n) is 3.47. The SMILES string of the molecule is Cc1nc2nc(N3CCOCC3)nc(C3CC(F)C(F)C3)c2nc1C. The first-order valence-corrected chi connectivity index (χ1v) is 8.66. The van der Waals surface area contributed by atoms with Crippen LogP contribution >= 0.6 is 0 Å². The van der Waals surface area contributed by atoms with E-state index in [2.05, 4.69) is 19.9 Å². The van der Waals surface area contributed by atoms with E-state index in [0.717, 1.165) is 11.4 Å². The number of hydrogen-bond donors (Lipinski definition) is 0. The Morgan fingerprint density at radius 2 is 1.56 bits per heavy atom. The topological polar surface area (TPSA) is 64.0 Å². The van der Waals surface area contributed by atoms with Crippen LogP contribution in [0.4, 0.5) is 14.7 Å². The molecule has 8 heteroatoms. The Hall–Kier alpha value is -1.96. The third-order valence-electron chi connectivity index (χ3n) is 5.05. The summed E-state index contributed by atoms with van der Waals surface area (Å²) in [6.45, 7) is 6.33. The average molecular weight is 349 g/mol. The van der Waals surface area contributed by atoms with Gasteiger partial charge in [0.1, 0.15) is 17.9 Å². The summed E-state index contributed by atoms with van der Waals surface area (Å²) in [6, 6.07) is 0. The molecule has 3 heterocycles. The number of anilines is 1. The van der Waals surface area contributed by atoms with Crippen LogP contribution in [0.15, 0.2) is 0 Å². The summed E-state index contributed by atoms with van der Waals surface area (Å²) in [5, 5.41) is 0. The molecule has 2 atom stereocenters. The van der Waals surface area contributed by atoms with Crippen molar-refractivity contribution in [2.45, 2.75) is 45.0 Å². The maximum absolute atomic E-state index is 13.8. The Morgan fingerprint density at radius 3 is 2.24 bits per heavy atom. The maximum atomic E-state index is 13.8. The van der Waals surface area contributed by atoms with Crippen LogP contribution in [0, 0.1) is 13.8 Å². The van der Waals surface area contributed by atoms with Crippen molar-refractivity contribution >= 4 is 17.1 Å². The predicted molar refractivity (Wildman–Crippen MR) is 89.4 cm³/mol. The Balaban J connectivity index is 1.84. The monoisotopic (exact) mass is 349 g/mol. The number of aryl methyl sites for hydroxylation is 2. The van der Waals surface area contributed by atoms with Crippen LogP contribution in [0.25, 0.3) is 11.2 Å². The molecule has 6 nitrogen and oxygen atoms in total. The zero-order valence-corrected chi connectivity index (χ0v) is 14.4. The summed E-state index contributed by atoms with van der Waals surface area (Å²) in [5.41, 5.74) is 3.25.